The zero-order valence-corrected chi connectivity index (χ0v) is 24.8. The van der Waals surface area contributed by atoms with Gasteiger partial charge in [0, 0.05) is 24.0 Å². The van der Waals surface area contributed by atoms with Crippen molar-refractivity contribution in [1.82, 2.24) is 4.90 Å². The first-order valence-electron chi connectivity index (χ1n) is 15.0. The van der Waals surface area contributed by atoms with Gasteiger partial charge in [0.2, 0.25) is 5.91 Å². The maximum atomic E-state index is 14.8. The van der Waals surface area contributed by atoms with Gasteiger partial charge < -0.3 is 20.6 Å². The third-order valence-electron chi connectivity index (χ3n) is 8.74. The zero-order valence-electron chi connectivity index (χ0n) is 24.8. The van der Waals surface area contributed by atoms with Crippen LogP contribution in [0.1, 0.15) is 65.2 Å². The van der Waals surface area contributed by atoms with Crippen LogP contribution in [0, 0.1) is 23.5 Å². The predicted molar refractivity (Wildman–Crippen MR) is 156 cm³/mol. The van der Waals surface area contributed by atoms with E-state index in [0.29, 0.717) is 16.7 Å². The number of halogens is 8. The van der Waals surface area contributed by atoms with Crippen molar-refractivity contribution in [2.75, 3.05) is 17.2 Å². The van der Waals surface area contributed by atoms with Crippen LogP contribution >= 0.6 is 0 Å². The molecule has 1 saturated heterocycles. The number of nitrogens with one attached hydrogen (secondary N) is 2. The van der Waals surface area contributed by atoms with E-state index < -0.39 is 95.6 Å². The molecule has 0 unspecified atom stereocenters. The molecule has 14 heteroatoms. The fraction of sp³-hybridized carbons (Fsp3) is 0.394. The molecule has 1 aliphatic heterocycles. The fourth-order valence-electron chi connectivity index (χ4n) is 6.41. The number of carbonyl (C=O) groups excluding carboxylic acids is 2. The van der Waals surface area contributed by atoms with Crippen LogP contribution < -0.4 is 10.6 Å². The maximum Gasteiger partial charge on any atom is 0.416 e. The van der Waals surface area contributed by atoms with E-state index in [1.54, 1.807) is 12.1 Å². The highest BCUT2D eigenvalue weighted by molar-refractivity contribution is 5.97. The molecule has 3 N–H and O–H groups in total. The van der Waals surface area contributed by atoms with Gasteiger partial charge in [-0.2, -0.15) is 26.3 Å². The lowest BCUT2D eigenvalue weighted by Crippen LogP contribution is -2.52. The molecule has 2 fully saturated rings. The lowest BCUT2D eigenvalue weighted by atomic mass is 9.78. The van der Waals surface area contributed by atoms with Crippen LogP contribution in [0.3, 0.4) is 0 Å². The first kappa shape index (κ1) is 34.1. The van der Waals surface area contributed by atoms with E-state index in [-0.39, 0.29) is 11.6 Å². The van der Waals surface area contributed by atoms with E-state index in [0.717, 1.165) is 56.0 Å². The minimum absolute atomic E-state index is 0.180. The lowest BCUT2D eigenvalue weighted by Gasteiger charge is -2.45. The fourth-order valence-corrected chi connectivity index (χ4v) is 6.41. The van der Waals surface area contributed by atoms with Crippen LogP contribution in [-0.4, -0.2) is 40.6 Å². The number of aliphatic hydroxyl groups excluding tert-OH is 1. The maximum absolute atomic E-state index is 14.8. The highest BCUT2D eigenvalue weighted by atomic mass is 19.4. The Hall–Kier alpha value is -4.20. The number of alkyl halides is 6. The summed E-state index contributed by atoms with van der Waals surface area (Å²) in [5.74, 6) is -9.22. The average Bonchev–Trinajstić information content (AvgIpc) is 3.53. The smallest absolute Gasteiger partial charge is 0.392 e. The molecule has 1 aliphatic carbocycles. The van der Waals surface area contributed by atoms with Crippen LogP contribution in [0.15, 0.2) is 60.7 Å². The summed E-state index contributed by atoms with van der Waals surface area (Å²) < 4.78 is 113. The van der Waals surface area contributed by atoms with Gasteiger partial charge in [-0.25, -0.2) is 8.78 Å². The van der Waals surface area contributed by atoms with Crippen molar-refractivity contribution in [3.63, 3.8) is 0 Å². The van der Waals surface area contributed by atoms with E-state index in [9.17, 15) is 49.8 Å². The Labute approximate surface area is 264 Å². The first-order valence-corrected chi connectivity index (χ1v) is 15.0. The lowest BCUT2D eigenvalue weighted by molar-refractivity contribution is -0.193. The van der Waals surface area contributed by atoms with Gasteiger partial charge in [-0.1, -0.05) is 37.1 Å². The molecular formula is C33H31F8N3O3. The number of rotatable bonds is 7. The van der Waals surface area contributed by atoms with Crippen LogP contribution in [0.2, 0.25) is 0 Å². The molecule has 1 saturated carbocycles. The number of benzene rings is 3. The van der Waals surface area contributed by atoms with Gasteiger partial charge in [-0.05, 0) is 66.8 Å². The van der Waals surface area contributed by atoms with Gasteiger partial charge in [-0.15, -0.1) is 0 Å². The zero-order chi connectivity index (χ0) is 34.1. The summed E-state index contributed by atoms with van der Waals surface area (Å²) in [6.07, 6.45) is -6.76. The SMILES string of the molecule is O=C(Nc1ccc(CO)c(C(F)(F)F)c1)[C@H]1C[C@@H](C(F)(F)F)CN(C(=O)c2c(F)cccc2F)[C@H]1c1ccc(NC2CCCC2)cc1. The number of hydrogen-bond donors (Lipinski definition) is 3. The normalized spacial score (nSPS) is 20.7. The van der Waals surface area contributed by atoms with Crippen molar-refractivity contribution in [1.29, 1.82) is 0 Å². The molecular weight excluding hydrogens is 638 g/mol. The van der Waals surface area contributed by atoms with Crippen molar-refractivity contribution in [3.05, 3.63) is 94.6 Å². The summed E-state index contributed by atoms with van der Waals surface area (Å²) in [6.45, 7) is -1.99. The van der Waals surface area contributed by atoms with E-state index >= 15 is 0 Å². The minimum Gasteiger partial charge on any atom is -0.392 e. The van der Waals surface area contributed by atoms with Crippen molar-refractivity contribution < 1.29 is 49.8 Å². The second kappa shape index (κ2) is 13.5. The Morgan fingerprint density at radius 3 is 2.06 bits per heavy atom. The summed E-state index contributed by atoms with van der Waals surface area (Å²) in [5, 5.41) is 14.9. The number of carbonyl (C=O) groups is 2. The van der Waals surface area contributed by atoms with Crippen LogP contribution in [0.4, 0.5) is 46.5 Å². The minimum atomic E-state index is -4.95. The Morgan fingerprint density at radius 2 is 1.49 bits per heavy atom. The molecule has 2 aliphatic rings. The molecule has 2 amide bonds. The van der Waals surface area contributed by atoms with Gasteiger partial charge in [0.05, 0.1) is 30.0 Å². The number of hydrogen-bond acceptors (Lipinski definition) is 4. The topological polar surface area (TPSA) is 81.7 Å². The number of nitrogens with zero attached hydrogens (tertiary/aromatic N) is 1. The van der Waals surface area contributed by atoms with Gasteiger partial charge >= 0.3 is 12.4 Å². The quantitative estimate of drug-likeness (QED) is 0.224. The molecule has 0 bridgehead atoms. The van der Waals surface area contributed by atoms with Crippen molar-refractivity contribution in [3.8, 4) is 0 Å². The van der Waals surface area contributed by atoms with Crippen LogP contribution in [-0.2, 0) is 17.6 Å². The molecule has 1 heterocycles. The largest absolute Gasteiger partial charge is 0.416 e. The van der Waals surface area contributed by atoms with Gasteiger partial charge in [0.25, 0.3) is 5.91 Å². The summed E-state index contributed by atoms with van der Waals surface area (Å²) >= 11 is 0. The molecule has 252 valence electrons. The molecule has 6 nitrogen and oxygen atoms in total. The number of amides is 2. The monoisotopic (exact) mass is 669 g/mol. The van der Waals surface area contributed by atoms with E-state index in [1.165, 1.54) is 12.1 Å². The summed E-state index contributed by atoms with van der Waals surface area (Å²) in [5.41, 5.74) is -2.41. The number of piperidine rings is 1. The van der Waals surface area contributed by atoms with Gasteiger partial charge in [0.15, 0.2) is 0 Å². The van der Waals surface area contributed by atoms with Crippen LogP contribution in [0.5, 0.6) is 0 Å². The van der Waals surface area contributed by atoms with Crippen LogP contribution in [0.25, 0.3) is 0 Å². The Morgan fingerprint density at radius 1 is 0.872 bits per heavy atom. The number of likely N-dealkylation sites (tertiary alicyclic amines) is 1. The Kier molecular flexibility index (Phi) is 9.81. The third kappa shape index (κ3) is 7.53. The van der Waals surface area contributed by atoms with E-state index in [1.807, 2.05) is 0 Å². The highest BCUT2D eigenvalue weighted by Crippen LogP contribution is 2.46. The second-order valence-electron chi connectivity index (χ2n) is 11.8. The molecule has 0 spiro atoms. The van der Waals surface area contributed by atoms with Gasteiger partial charge in [-0.3, -0.25) is 9.59 Å². The van der Waals surface area contributed by atoms with Gasteiger partial charge in [0.1, 0.15) is 17.2 Å². The number of aliphatic hydroxyl groups is 1. The first-order chi connectivity index (χ1) is 22.2. The molecule has 5 rings (SSSR count). The Balaban J connectivity index is 1.57. The standard InChI is InChI=1S/C33H31F8N3O3/c34-26-6-3-7-27(35)28(26)31(47)44-16-20(32(36,37)38)14-24(29(44)18-8-11-22(12-9-18)42-21-4-1-2-5-21)30(46)43-23-13-10-19(17-45)25(15-23)33(39,40)41/h3,6-13,15,20-21,24,29,42,45H,1-2,4-5,14,16-17H2,(H,43,46)/t20-,24+,29+/m1/s1. The van der Waals surface area contributed by atoms with E-state index in [2.05, 4.69) is 10.6 Å². The van der Waals surface area contributed by atoms with Crippen molar-refractivity contribution in [2.45, 2.75) is 63.1 Å². The predicted octanol–water partition coefficient (Wildman–Crippen LogP) is 7.85. The van der Waals surface area contributed by atoms with E-state index in [4.69, 9.17) is 0 Å². The average molecular weight is 670 g/mol. The van der Waals surface area contributed by atoms with Crippen molar-refractivity contribution in [2.24, 2.45) is 11.8 Å². The highest BCUT2D eigenvalue weighted by Gasteiger charge is 2.52. The summed E-state index contributed by atoms with van der Waals surface area (Å²) in [6, 6.07) is 10.0. The molecule has 3 aromatic rings. The molecule has 0 aromatic heterocycles. The molecule has 3 aromatic carbocycles. The molecule has 3 atom stereocenters. The summed E-state index contributed by atoms with van der Waals surface area (Å²) in [7, 11) is 0. The third-order valence-corrected chi connectivity index (χ3v) is 8.74. The van der Waals surface area contributed by atoms with Crippen molar-refractivity contribution >= 4 is 23.2 Å². The molecule has 0 radical (unpaired) electrons. The molecule has 47 heavy (non-hydrogen) atoms. The second-order valence-corrected chi connectivity index (χ2v) is 11.8. The summed E-state index contributed by atoms with van der Waals surface area (Å²) in [4.78, 5) is 28.1. The Bertz CT molecular complexity index is 1580. The number of anilines is 2.